The third-order valence-corrected chi connectivity index (χ3v) is 3.48. The Morgan fingerprint density at radius 2 is 1.26 bits per heavy atom. The van der Waals surface area contributed by atoms with Crippen LogP contribution in [0.4, 0.5) is 4.39 Å². The molecule has 0 saturated heterocycles. The Bertz CT molecular complexity index is 720. The molecule has 3 heterocycles. The fourth-order valence-corrected chi connectivity index (χ4v) is 1.67. The maximum absolute atomic E-state index is 12.0. The summed E-state index contributed by atoms with van der Waals surface area (Å²) in [5.74, 6) is 0.246. The van der Waals surface area contributed by atoms with Crippen LogP contribution in [0.3, 0.4) is 0 Å². The third kappa shape index (κ3) is 17.0. The minimum absolute atomic E-state index is 0.421. The zero-order valence-corrected chi connectivity index (χ0v) is 21.8. The van der Waals surface area contributed by atoms with Gasteiger partial charge in [-0.15, -0.1) is 0 Å². The maximum Gasteiger partial charge on any atom is 0.212 e. The highest BCUT2D eigenvalue weighted by molar-refractivity contribution is 6.28. The summed E-state index contributed by atoms with van der Waals surface area (Å²) in [6.45, 7) is 17.8. The first kappa shape index (κ1) is 33.2. The average Bonchev–Trinajstić information content (AvgIpc) is 3.12. The molecule has 0 aliphatic heterocycles. The quantitative estimate of drug-likeness (QED) is 0.359. The van der Waals surface area contributed by atoms with Gasteiger partial charge in [0.05, 0.1) is 7.11 Å². The molecule has 0 saturated carbocycles. The van der Waals surface area contributed by atoms with E-state index in [0.29, 0.717) is 11.2 Å². The van der Waals surface area contributed by atoms with Gasteiger partial charge >= 0.3 is 0 Å². The smallest absolute Gasteiger partial charge is 0.212 e. The van der Waals surface area contributed by atoms with Crippen LogP contribution >= 0.6 is 11.6 Å². The van der Waals surface area contributed by atoms with Crippen molar-refractivity contribution in [2.24, 2.45) is 7.05 Å². The van der Waals surface area contributed by atoms with E-state index in [1.54, 1.807) is 25.6 Å². The lowest BCUT2D eigenvalue weighted by Gasteiger charge is -1.95. The van der Waals surface area contributed by atoms with E-state index in [-0.39, 0.29) is 0 Å². The molecule has 0 aromatic carbocycles. The van der Waals surface area contributed by atoms with Crippen molar-refractivity contribution in [1.82, 2.24) is 19.5 Å². The molecule has 3 rings (SSSR count). The highest BCUT2D eigenvalue weighted by Crippen LogP contribution is 2.05. The van der Waals surface area contributed by atoms with Crippen molar-refractivity contribution in [2.45, 2.75) is 62.3 Å². The van der Waals surface area contributed by atoms with E-state index < -0.39 is 5.95 Å². The standard InChI is InChI=1S/C7H9NO.C6H6FN.C5H7ClN2.3C2H6/c1-6-3-4-7(9-2)8-5-6;1-5-2-3-6(7)8-4-5;1-4-3-7-5(6)8(4)2;3*1-2/h3-5H,1-2H3;2-4H,1H3;3H,1-2H3;3*1-2H3. The van der Waals surface area contributed by atoms with Crippen LogP contribution in [0.5, 0.6) is 5.88 Å². The molecule has 31 heavy (non-hydrogen) atoms. The molecule has 3 aromatic rings. The number of imidazole rings is 1. The van der Waals surface area contributed by atoms with Crippen molar-refractivity contribution in [3.63, 3.8) is 0 Å². The van der Waals surface area contributed by atoms with Gasteiger partial charge in [-0.3, -0.25) is 0 Å². The summed E-state index contributed by atoms with van der Waals surface area (Å²) in [5.41, 5.74) is 3.21. The van der Waals surface area contributed by atoms with Crippen LogP contribution in [-0.4, -0.2) is 26.6 Å². The first-order valence-corrected chi connectivity index (χ1v) is 10.9. The molecule has 0 atom stereocenters. The summed E-state index contributed by atoms with van der Waals surface area (Å²) in [7, 11) is 3.49. The number of hydrogen-bond acceptors (Lipinski definition) is 4. The Hall–Kier alpha value is -2.47. The van der Waals surface area contributed by atoms with Crippen LogP contribution in [0, 0.1) is 26.7 Å². The van der Waals surface area contributed by atoms with Crippen molar-refractivity contribution in [3.8, 4) is 5.88 Å². The molecule has 5 nitrogen and oxygen atoms in total. The molecule has 0 amide bonds. The lowest BCUT2D eigenvalue weighted by atomic mass is 10.3. The first-order valence-electron chi connectivity index (χ1n) is 10.5. The van der Waals surface area contributed by atoms with Gasteiger partial charge in [0.1, 0.15) is 0 Å². The molecule has 0 aliphatic rings. The van der Waals surface area contributed by atoms with E-state index in [4.69, 9.17) is 16.3 Å². The average molecular weight is 455 g/mol. The molecule has 0 radical (unpaired) electrons. The van der Waals surface area contributed by atoms with Crippen LogP contribution in [0.1, 0.15) is 58.4 Å². The monoisotopic (exact) mass is 454 g/mol. The Morgan fingerprint density at radius 3 is 1.48 bits per heavy atom. The van der Waals surface area contributed by atoms with Crippen molar-refractivity contribution in [1.29, 1.82) is 0 Å². The summed E-state index contributed by atoms with van der Waals surface area (Å²) < 4.78 is 18.7. The summed E-state index contributed by atoms with van der Waals surface area (Å²) in [4.78, 5) is 11.2. The second-order valence-corrected chi connectivity index (χ2v) is 5.60. The van der Waals surface area contributed by atoms with Crippen LogP contribution in [0.2, 0.25) is 5.28 Å². The zero-order chi connectivity index (χ0) is 24.8. The summed E-state index contributed by atoms with van der Waals surface area (Å²) >= 11 is 5.58. The van der Waals surface area contributed by atoms with Gasteiger partial charge < -0.3 is 9.30 Å². The molecule has 7 heteroatoms. The predicted octanol–water partition coefficient (Wildman–Crippen LogP) is 7.39. The van der Waals surface area contributed by atoms with Crippen molar-refractivity contribution in [3.05, 3.63) is 70.9 Å². The SMILES string of the molecule is CC.CC.CC.COc1ccc(C)cn1.Cc1ccc(F)nc1.Cc1cnc(Cl)n1C. The molecule has 0 aliphatic carbocycles. The van der Waals surface area contributed by atoms with Gasteiger partial charge in [0.2, 0.25) is 17.1 Å². The van der Waals surface area contributed by atoms with Gasteiger partial charge in [0, 0.05) is 37.4 Å². The second kappa shape index (κ2) is 22.2. The second-order valence-electron chi connectivity index (χ2n) is 5.26. The minimum Gasteiger partial charge on any atom is -0.481 e. The molecule has 0 N–H and O–H groups in total. The van der Waals surface area contributed by atoms with Crippen LogP contribution < -0.4 is 4.74 Å². The van der Waals surface area contributed by atoms with E-state index in [2.05, 4.69) is 15.0 Å². The topological polar surface area (TPSA) is 52.8 Å². The number of pyridine rings is 2. The first-order chi connectivity index (χ1) is 14.8. The normalized spacial score (nSPS) is 8.16. The van der Waals surface area contributed by atoms with Crippen molar-refractivity contribution in [2.75, 3.05) is 7.11 Å². The lowest BCUT2D eigenvalue weighted by molar-refractivity contribution is 0.397. The molecule has 176 valence electrons. The molecule has 0 spiro atoms. The lowest BCUT2D eigenvalue weighted by Crippen LogP contribution is -1.88. The van der Waals surface area contributed by atoms with E-state index >= 15 is 0 Å². The van der Waals surface area contributed by atoms with Gasteiger partial charge in [-0.1, -0.05) is 53.7 Å². The van der Waals surface area contributed by atoms with Gasteiger partial charge in [-0.2, -0.15) is 4.39 Å². The minimum atomic E-state index is -0.421. The predicted molar refractivity (Wildman–Crippen MR) is 131 cm³/mol. The Kier molecular flexibility index (Phi) is 23.8. The molecular formula is C24H40ClFN4O. The Balaban J connectivity index is -0.000000338. The summed E-state index contributed by atoms with van der Waals surface area (Å²) in [5, 5.41) is 0.544. The summed E-state index contributed by atoms with van der Waals surface area (Å²) in [6.07, 6.45) is 5.01. The highest BCUT2D eigenvalue weighted by Gasteiger charge is 1.95. The van der Waals surface area contributed by atoms with E-state index in [1.165, 1.54) is 12.3 Å². The number of aryl methyl sites for hydroxylation is 3. The van der Waals surface area contributed by atoms with Gasteiger partial charge in [0.25, 0.3) is 0 Å². The van der Waals surface area contributed by atoms with Gasteiger partial charge in [0.15, 0.2) is 0 Å². The van der Waals surface area contributed by atoms with E-state index in [0.717, 1.165) is 16.8 Å². The number of nitrogens with zero attached hydrogens (tertiary/aromatic N) is 4. The fourth-order valence-electron chi connectivity index (χ4n) is 1.49. The van der Waals surface area contributed by atoms with Gasteiger partial charge in [-0.05, 0) is 49.6 Å². The van der Waals surface area contributed by atoms with Crippen molar-refractivity contribution >= 4 is 11.6 Å². The highest BCUT2D eigenvalue weighted by atomic mass is 35.5. The largest absolute Gasteiger partial charge is 0.481 e. The zero-order valence-electron chi connectivity index (χ0n) is 21.0. The third-order valence-electron chi connectivity index (χ3n) is 3.13. The number of hydrogen-bond donors (Lipinski definition) is 0. The molecule has 0 bridgehead atoms. The number of aromatic nitrogens is 4. The van der Waals surface area contributed by atoms with E-state index in [9.17, 15) is 4.39 Å². The van der Waals surface area contributed by atoms with Gasteiger partial charge in [-0.25, -0.2) is 15.0 Å². The fraction of sp³-hybridized carbons (Fsp3) is 0.458. The number of methoxy groups -OCH3 is 1. The number of halogens is 2. The number of rotatable bonds is 1. The van der Waals surface area contributed by atoms with Crippen molar-refractivity contribution < 1.29 is 9.13 Å². The van der Waals surface area contributed by atoms with Crippen LogP contribution in [0.15, 0.2) is 42.9 Å². The molecule has 3 aromatic heterocycles. The molecule has 0 fully saturated rings. The Morgan fingerprint density at radius 1 is 0.774 bits per heavy atom. The molecule has 0 unspecified atom stereocenters. The van der Waals surface area contributed by atoms with Crippen LogP contribution in [-0.2, 0) is 7.05 Å². The molecular weight excluding hydrogens is 415 g/mol. The Labute approximate surface area is 193 Å². The van der Waals surface area contributed by atoms with Crippen LogP contribution in [0.25, 0.3) is 0 Å². The maximum atomic E-state index is 12.0. The summed E-state index contributed by atoms with van der Waals surface area (Å²) in [6, 6.07) is 6.83. The van der Waals surface area contributed by atoms with E-state index in [1.807, 2.05) is 86.1 Å². The number of ether oxygens (including phenoxy) is 1.